The minimum absolute atomic E-state index is 0. The molecule has 2 aliphatic rings. The normalized spacial score (nSPS) is 19.8. The van der Waals surface area contributed by atoms with Crippen LogP contribution in [0.4, 0.5) is 0 Å². The van der Waals surface area contributed by atoms with E-state index in [-0.39, 0.29) is 24.8 Å². The van der Waals surface area contributed by atoms with Crippen molar-refractivity contribution in [2.75, 3.05) is 59.0 Å². The molecule has 0 radical (unpaired) electrons. The average molecular weight is 370 g/mol. The number of amides is 1. The molecule has 0 aromatic rings. The molecular weight excluding hydrogens is 337 g/mol. The molecule has 0 aliphatic carbocycles. The van der Waals surface area contributed by atoms with Gasteiger partial charge in [0.05, 0.1) is 6.61 Å². The van der Waals surface area contributed by atoms with Crippen molar-refractivity contribution in [3.63, 3.8) is 0 Å². The van der Waals surface area contributed by atoms with E-state index in [0.29, 0.717) is 5.91 Å². The molecule has 0 saturated carbocycles. The van der Waals surface area contributed by atoms with Gasteiger partial charge in [0, 0.05) is 45.8 Å². The number of hydrogen-bond donors (Lipinski definition) is 1. The third kappa shape index (κ3) is 8.54. The van der Waals surface area contributed by atoms with Gasteiger partial charge in [-0.15, -0.1) is 24.8 Å². The number of ether oxygens (including phenoxy) is 1. The molecule has 0 atom stereocenters. The highest BCUT2D eigenvalue weighted by Gasteiger charge is 2.22. The number of halogens is 2. The number of hydrogen-bond acceptors (Lipinski definition) is 4. The zero-order valence-electron chi connectivity index (χ0n) is 14.3. The second-order valence-corrected chi connectivity index (χ2v) is 6.15. The Kier molecular flexibility index (Phi) is 13.2. The van der Waals surface area contributed by atoms with Gasteiger partial charge < -0.3 is 15.0 Å². The average Bonchev–Trinajstić information content (AvgIpc) is 2.54. The van der Waals surface area contributed by atoms with Gasteiger partial charge in [0.25, 0.3) is 0 Å². The molecule has 5 nitrogen and oxygen atoms in total. The third-order valence-corrected chi connectivity index (χ3v) is 4.71. The lowest BCUT2D eigenvalue weighted by Gasteiger charge is -2.35. The lowest BCUT2D eigenvalue weighted by molar-refractivity contribution is -0.133. The summed E-state index contributed by atoms with van der Waals surface area (Å²) in [5, 5.41) is 3.38. The molecule has 7 heteroatoms. The molecule has 138 valence electrons. The smallest absolute Gasteiger partial charge is 0.222 e. The van der Waals surface area contributed by atoms with E-state index in [1.54, 1.807) is 0 Å². The van der Waals surface area contributed by atoms with Gasteiger partial charge >= 0.3 is 0 Å². The molecule has 2 aliphatic heterocycles. The summed E-state index contributed by atoms with van der Waals surface area (Å²) in [5.74, 6) is 1.11. The summed E-state index contributed by atoms with van der Waals surface area (Å²) in [7, 11) is 0. The predicted molar refractivity (Wildman–Crippen MR) is 98.8 cm³/mol. The van der Waals surface area contributed by atoms with Crippen molar-refractivity contribution in [2.24, 2.45) is 5.92 Å². The van der Waals surface area contributed by atoms with Crippen molar-refractivity contribution in [2.45, 2.75) is 32.6 Å². The van der Waals surface area contributed by atoms with Crippen LogP contribution >= 0.6 is 24.8 Å². The standard InChI is InChI=1S/C16H31N3O2.2ClH/c1-2-21-14-13-18-9-11-19(12-10-18)16(20)4-3-15-5-7-17-8-6-15;;/h15,17H,2-14H2,1H3;2*1H. The Morgan fingerprint density at radius 2 is 1.78 bits per heavy atom. The summed E-state index contributed by atoms with van der Waals surface area (Å²) in [6.07, 6.45) is 4.28. The van der Waals surface area contributed by atoms with Crippen LogP contribution in [0.2, 0.25) is 0 Å². The number of carbonyl (C=O) groups is 1. The summed E-state index contributed by atoms with van der Waals surface area (Å²) in [6.45, 7) is 10.6. The fraction of sp³-hybridized carbons (Fsp3) is 0.938. The van der Waals surface area contributed by atoms with E-state index < -0.39 is 0 Å². The molecule has 1 N–H and O–H groups in total. The molecular formula is C16H33Cl2N3O2. The first-order chi connectivity index (χ1) is 10.3. The predicted octanol–water partition coefficient (Wildman–Crippen LogP) is 1.79. The molecule has 0 unspecified atom stereocenters. The Bertz CT molecular complexity index is 308. The van der Waals surface area contributed by atoms with Crippen LogP contribution in [-0.2, 0) is 9.53 Å². The maximum absolute atomic E-state index is 12.3. The van der Waals surface area contributed by atoms with Gasteiger partial charge in [-0.25, -0.2) is 0 Å². The lowest BCUT2D eigenvalue weighted by Crippen LogP contribution is -2.49. The van der Waals surface area contributed by atoms with Crippen LogP contribution in [0, 0.1) is 5.92 Å². The number of piperazine rings is 1. The second-order valence-electron chi connectivity index (χ2n) is 6.15. The van der Waals surface area contributed by atoms with Crippen molar-refractivity contribution in [1.82, 2.24) is 15.1 Å². The van der Waals surface area contributed by atoms with E-state index >= 15 is 0 Å². The van der Waals surface area contributed by atoms with E-state index in [0.717, 1.165) is 77.8 Å². The van der Waals surface area contributed by atoms with Crippen molar-refractivity contribution in [3.05, 3.63) is 0 Å². The topological polar surface area (TPSA) is 44.8 Å². The molecule has 0 bridgehead atoms. The quantitative estimate of drug-likeness (QED) is 0.694. The number of piperidine rings is 1. The summed E-state index contributed by atoms with van der Waals surface area (Å²) in [5.41, 5.74) is 0. The van der Waals surface area contributed by atoms with Crippen LogP contribution in [0.15, 0.2) is 0 Å². The molecule has 0 aromatic carbocycles. The molecule has 2 rings (SSSR count). The van der Waals surface area contributed by atoms with Crippen molar-refractivity contribution >= 4 is 30.7 Å². The monoisotopic (exact) mass is 369 g/mol. The van der Waals surface area contributed by atoms with Crippen LogP contribution in [-0.4, -0.2) is 74.7 Å². The minimum Gasteiger partial charge on any atom is -0.380 e. The molecule has 2 fully saturated rings. The lowest BCUT2D eigenvalue weighted by atomic mass is 9.93. The van der Waals surface area contributed by atoms with Gasteiger partial charge in [-0.2, -0.15) is 0 Å². The highest BCUT2D eigenvalue weighted by Crippen LogP contribution is 2.18. The van der Waals surface area contributed by atoms with Crippen molar-refractivity contribution in [3.8, 4) is 0 Å². The fourth-order valence-corrected chi connectivity index (χ4v) is 3.21. The van der Waals surface area contributed by atoms with Crippen LogP contribution in [0.25, 0.3) is 0 Å². The number of carbonyl (C=O) groups excluding carboxylic acids is 1. The van der Waals surface area contributed by atoms with E-state index in [2.05, 4.69) is 15.1 Å². The minimum atomic E-state index is 0. The molecule has 0 aromatic heterocycles. The Morgan fingerprint density at radius 3 is 2.39 bits per heavy atom. The van der Waals surface area contributed by atoms with Crippen LogP contribution < -0.4 is 5.32 Å². The third-order valence-electron chi connectivity index (χ3n) is 4.71. The first-order valence-corrected chi connectivity index (χ1v) is 8.58. The van der Waals surface area contributed by atoms with Crippen LogP contribution in [0.1, 0.15) is 32.6 Å². The zero-order valence-corrected chi connectivity index (χ0v) is 15.9. The maximum Gasteiger partial charge on any atom is 0.222 e. The summed E-state index contributed by atoms with van der Waals surface area (Å²) >= 11 is 0. The first kappa shape index (κ1) is 22.9. The number of nitrogens with one attached hydrogen (secondary N) is 1. The fourth-order valence-electron chi connectivity index (χ4n) is 3.21. The van der Waals surface area contributed by atoms with Crippen LogP contribution in [0.3, 0.4) is 0 Å². The summed E-state index contributed by atoms with van der Waals surface area (Å²) in [6, 6.07) is 0. The van der Waals surface area contributed by atoms with Gasteiger partial charge in [-0.05, 0) is 45.2 Å². The van der Waals surface area contributed by atoms with E-state index in [4.69, 9.17) is 4.74 Å². The summed E-state index contributed by atoms with van der Waals surface area (Å²) < 4.78 is 5.39. The van der Waals surface area contributed by atoms with Gasteiger partial charge in [-0.1, -0.05) is 0 Å². The molecule has 2 heterocycles. The maximum atomic E-state index is 12.3. The van der Waals surface area contributed by atoms with Gasteiger partial charge in [0.15, 0.2) is 0 Å². The van der Waals surface area contributed by atoms with Crippen molar-refractivity contribution < 1.29 is 9.53 Å². The van der Waals surface area contributed by atoms with Crippen molar-refractivity contribution in [1.29, 1.82) is 0 Å². The van der Waals surface area contributed by atoms with E-state index in [1.165, 1.54) is 12.8 Å². The van der Waals surface area contributed by atoms with Gasteiger partial charge in [0.1, 0.15) is 0 Å². The Morgan fingerprint density at radius 1 is 1.13 bits per heavy atom. The highest BCUT2D eigenvalue weighted by molar-refractivity contribution is 5.85. The van der Waals surface area contributed by atoms with E-state index in [9.17, 15) is 4.79 Å². The molecule has 1 amide bonds. The number of rotatable bonds is 7. The first-order valence-electron chi connectivity index (χ1n) is 8.58. The molecule has 23 heavy (non-hydrogen) atoms. The Labute approximate surface area is 153 Å². The van der Waals surface area contributed by atoms with Crippen LogP contribution in [0.5, 0.6) is 0 Å². The zero-order chi connectivity index (χ0) is 14.9. The summed E-state index contributed by atoms with van der Waals surface area (Å²) in [4.78, 5) is 16.7. The van der Waals surface area contributed by atoms with E-state index in [1.807, 2.05) is 6.92 Å². The number of nitrogens with zero attached hydrogens (tertiary/aromatic N) is 2. The SMILES string of the molecule is CCOCCN1CCN(C(=O)CCC2CCNCC2)CC1.Cl.Cl. The van der Waals surface area contributed by atoms with Gasteiger partial charge in [-0.3, -0.25) is 9.69 Å². The molecule has 0 spiro atoms. The highest BCUT2D eigenvalue weighted by atomic mass is 35.5. The Hall–Kier alpha value is -0.0700. The Balaban J connectivity index is 0.00000242. The van der Waals surface area contributed by atoms with Gasteiger partial charge in [0.2, 0.25) is 5.91 Å². The second kappa shape index (κ2) is 13.2. The molecule has 2 saturated heterocycles. The largest absolute Gasteiger partial charge is 0.380 e.